The van der Waals surface area contributed by atoms with Crippen molar-refractivity contribution < 1.29 is 18.8 Å². The molecule has 4 aromatic rings. The van der Waals surface area contributed by atoms with E-state index < -0.39 is 17.5 Å². The van der Waals surface area contributed by atoms with Gasteiger partial charge in [-0.15, -0.1) is 0 Å². The predicted molar refractivity (Wildman–Crippen MR) is 121 cm³/mol. The molecule has 0 radical (unpaired) electrons. The molecule has 0 saturated carbocycles. The van der Waals surface area contributed by atoms with Crippen molar-refractivity contribution in [3.63, 3.8) is 0 Å². The number of nitrogens with one attached hydrogen (secondary N) is 1. The SMILES string of the molecule is Cc1ccnn1-c1ncc(F)c2c(C(=O)C(=O)N3CCN(C(=O)c4ccccc4)CC3)c[nH]c12. The van der Waals surface area contributed by atoms with Crippen molar-refractivity contribution in [2.45, 2.75) is 6.92 Å². The molecule has 1 aliphatic heterocycles. The second-order valence-corrected chi connectivity index (χ2v) is 8.05. The molecule has 9 nitrogen and oxygen atoms in total. The van der Waals surface area contributed by atoms with Crippen LogP contribution in [0, 0.1) is 12.7 Å². The zero-order chi connectivity index (χ0) is 23.8. The Kier molecular flexibility index (Phi) is 5.40. The summed E-state index contributed by atoms with van der Waals surface area (Å²) in [6.07, 6.45) is 3.93. The molecule has 0 atom stereocenters. The highest BCUT2D eigenvalue weighted by atomic mass is 19.1. The molecule has 3 aromatic heterocycles. The molecule has 0 bridgehead atoms. The van der Waals surface area contributed by atoms with Crippen LogP contribution in [-0.2, 0) is 4.79 Å². The first-order valence-corrected chi connectivity index (χ1v) is 10.8. The Morgan fingerprint density at radius 2 is 1.71 bits per heavy atom. The van der Waals surface area contributed by atoms with Crippen molar-refractivity contribution in [1.82, 2.24) is 29.5 Å². The lowest BCUT2D eigenvalue weighted by atomic mass is 10.1. The van der Waals surface area contributed by atoms with Crippen molar-refractivity contribution in [3.8, 4) is 5.82 Å². The highest BCUT2D eigenvalue weighted by Crippen LogP contribution is 2.27. The van der Waals surface area contributed by atoms with Crippen LogP contribution in [0.1, 0.15) is 26.4 Å². The summed E-state index contributed by atoms with van der Waals surface area (Å²) >= 11 is 0. The quantitative estimate of drug-likeness (QED) is 0.372. The normalized spacial score (nSPS) is 13.9. The van der Waals surface area contributed by atoms with Gasteiger partial charge in [0.15, 0.2) is 11.6 Å². The molecule has 10 heteroatoms. The Hall–Kier alpha value is -4.34. The summed E-state index contributed by atoms with van der Waals surface area (Å²) in [6, 6.07) is 10.7. The van der Waals surface area contributed by atoms with Crippen molar-refractivity contribution in [2.75, 3.05) is 26.2 Å². The second kappa shape index (κ2) is 8.54. The lowest BCUT2D eigenvalue weighted by molar-refractivity contribution is -0.127. The van der Waals surface area contributed by atoms with E-state index in [2.05, 4.69) is 15.1 Å². The summed E-state index contributed by atoms with van der Waals surface area (Å²) in [7, 11) is 0. The van der Waals surface area contributed by atoms with Crippen LogP contribution in [-0.4, -0.2) is 73.3 Å². The Balaban J connectivity index is 1.35. The number of aromatic nitrogens is 4. The largest absolute Gasteiger partial charge is 0.357 e. The molecule has 4 heterocycles. The molecule has 1 aromatic carbocycles. The third-order valence-electron chi connectivity index (χ3n) is 5.99. The van der Waals surface area contributed by atoms with Gasteiger partial charge in [-0.05, 0) is 25.1 Å². The van der Waals surface area contributed by atoms with Gasteiger partial charge in [-0.25, -0.2) is 14.1 Å². The summed E-state index contributed by atoms with van der Waals surface area (Å²) in [4.78, 5) is 48.7. The standard InChI is InChI=1S/C24H21FN6O3/c1-15-7-8-28-31(15)22-20-19(18(25)14-27-22)17(13-26-20)21(32)24(34)30-11-9-29(10-12-30)23(33)16-5-3-2-4-6-16/h2-8,13-14,26H,9-12H2,1H3. The molecule has 172 valence electrons. The maximum atomic E-state index is 14.7. The smallest absolute Gasteiger partial charge is 0.295 e. The van der Waals surface area contributed by atoms with Crippen LogP contribution in [0.3, 0.4) is 0 Å². The van der Waals surface area contributed by atoms with Crippen molar-refractivity contribution in [1.29, 1.82) is 0 Å². The number of Topliss-reactive ketones (excluding diaryl/α,β-unsaturated/α-hetero) is 1. The van der Waals surface area contributed by atoms with E-state index in [4.69, 9.17) is 0 Å². The molecular weight excluding hydrogens is 439 g/mol. The first kappa shape index (κ1) is 21.5. The minimum Gasteiger partial charge on any atom is -0.357 e. The Morgan fingerprint density at radius 3 is 2.38 bits per heavy atom. The van der Waals surface area contributed by atoms with Crippen molar-refractivity contribution >= 4 is 28.5 Å². The molecule has 0 unspecified atom stereocenters. The molecule has 2 amide bonds. The molecule has 1 saturated heterocycles. The lowest BCUT2D eigenvalue weighted by Crippen LogP contribution is -2.52. The highest BCUT2D eigenvalue weighted by molar-refractivity contribution is 6.45. The number of amides is 2. The minimum atomic E-state index is -0.817. The molecule has 0 spiro atoms. The maximum absolute atomic E-state index is 14.7. The van der Waals surface area contributed by atoms with E-state index in [9.17, 15) is 18.8 Å². The average molecular weight is 460 g/mol. The monoisotopic (exact) mass is 460 g/mol. The van der Waals surface area contributed by atoms with Crippen LogP contribution in [0.4, 0.5) is 4.39 Å². The maximum Gasteiger partial charge on any atom is 0.295 e. The van der Waals surface area contributed by atoms with Crippen LogP contribution in [0.15, 0.2) is 55.0 Å². The van der Waals surface area contributed by atoms with Gasteiger partial charge >= 0.3 is 0 Å². The molecule has 0 aliphatic carbocycles. The summed E-state index contributed by atoms with van der Waals surface area (Å²) in [5.74, 6) is -2.05. The average Bonchev–Trinajstić information content (AvgIpc) is 3.51. The van der Waals surface area contributed by atoms with E-state index in [1.54, 1.807) is 41.4 Å². The number of hydrogen-bond acceptors (Lipinski definition) is 5. The Labute approximate surface area is 193 Å². The van der Waals surface area contributed by atoms with Gasteiger partial charge in [-0.2, -0.15) is 5.10 Å². The van der Waals surface area contributed by atoms with Gasteiger partial charge in [0.1, 0.15) is 0 Å². The van der Waals surface area contributed by atoms with Gasteiger partial charge in [-0.3, -0.25) is 14.4 Å². The lowest BCUT2D eigenvalue weighted by Gasteiger charge is -2.34. The summed E-state index contributed by atoms with van der Waals surface area (Å²) in [5.41, 5.74) is 1.57. The number of aryl methyl sites for hydroxylation is 1. The van der Waals surface area contributed by atoms with Crippen LogP contribution in [0.25, 0.3) is 16.7 Å². The van der Waals surface area contributed by atoms with Gasteiger partial charge in [-0.1, -0.05) is 18.2 Å². The highest BCUT2D eigenvalue weighted by Gasteiger charge is 2.31. The Bertz CT molecular complexity index is 1400. The van der Waals surface area contributed by atoms with E-state index in [1.165, 1.54) is 15.8 Å². The molecule has 1 N–H and O–H groups in total. The molecular formula is C24H21FN6O3. The van der Waals surface area contributed by atoms with Gasteiger partial charge < -0.3 is 14.8 Å². The number of fused-ring (bicyclic) bond motifs is 1. The van der Waals surface area contributed by atoms with E-state index in [1.807, 2.05) is 13.0 Å². The number of ketones is 1. The van der Waals surface area contributed by atoms with E-state index in [0.29, 0.717) is 24.5 Å². The fraction of sp³-hybridized carbons (Fsp3) is 0.208. The van der Waals surface area contributed by atoms with Gasteiger partial charge in [0.25, 0.3) is 17.6 Å². The number of nitrogens with zero attached hydrogens (tertiary/aromatic N) is 5. The first-order chi connectivity index (χ1) is 16.5. The predicted octanol–water partition coefficient (Wildman–Crippen LogP) is 2.36. The number of carbonyl (C=O) groups excluding carboxylic acids is 3. The number of rotatable bonds is 4. The van der Waals surface area contributed by atoms with Gasteiger partial charge in [0.05, 0.1) is 22.7 Å². The first-order valence-electron chi connectivity index (χ1n) is 10.8. The zero-order valence-corrected chi connectivity index (χ0v) is 18.4. The fourth-order valence-electron chi connectivity index (χ4n) is 4.16. The number of halogens is 1. The number of aromatic amines is 1. The van der Waals surface area contributed by atoms with Crippen molar-refractivity contribution in [2.24, 2.45) is 0 Å². The molecule has 34 heavy (non-hydrogen) atoms. The number of carbonyl (C=O) groups is 3. The van der Waals surface area contributed by atoms with Gasteiger partial charge in [0.2, 0.25) is 0 Å². The number of benzene rings is 1. The number of H-pyrrole nitrogens is 1. The fourth-order valence-corrected chi connectivity index (χ4v) is 4.16. The number of hydrogen-bond donors (Lipinski definition) is 1. The topological polar surface area (TPSA) is 104 Å². The Morgan fingerprint density at radius 1 is 1.00 bits per heavy atom. The zero-order valence-electron chi connectivity index (χ0n) is 18.4. The summed E-state index contributed by atoms with van der Waals surface area (Å²) in [5, 5.41) is 4.19. The third-order valence-corrected chi connectivity index (χ3v) is 5.99. The van der Waals surface area contributed by atoms with Crippen LogP contribution in [0.2, 0.25) is 0 Å². The minimum absolute atomic E-state index is 0.00357. The van der Waals surface area contributed by atoms with E-state index in [-0.39, 0.29) is 35.5 Å². The summed E-state index contributed by atoms with van der Waals surface area (Å²) < 4.78 is 16.3. The van der Waals surface area contributed by atoms with E-state index in [0.717, 1.165) is 11.9 Å². The molecule has 5 rings (SSSR count). The summed E-state index contributed by atoms with van der Waals surface area (Å²) in [6.45, 7) is 2.87. The third kappa shape index (κ3) is 3.62. The molecule has 1 fully saturated rings. The number of piperazine rings is 1. The molecule has 1 aliphatic rings. The van der Waals surface area contributed by atoms with Gasteiger partial charge in [0, 0.05) is 49.8 Å². The van der Waals surface area contributed by atoms with E-state index >= 15 is 0 Å². The van der Waals surface area contributed by atoms with Crippen LogP contribution >= 0.6 is 0 Å². The number of pyridine rings is 1. The second-order valence-electron chi connectivity index (χ2n) is 8.05. The van der Waals surface area contributed by atoms with Crippen LogP contribution < -0.4 is 0 Å². The van der Waals surface area contributed by atoms with Crippen LogP contribution in [0.5, 0.6) is 0 Å². The van der Waals surface area contributed by atoms with Crippen molar-refractivity contribution in [3.05, 3.63) is 77.6 Å².